The summed E-state index contributed by atoms with van der Waals surface area (Å²) in [6.07, 6.45) is -1.50. The summed E-state index contributed by atoms with van der Waals surface area (Å²) in [5.74, 6) is -1.67. The summed E-state index contributed by atoms with van der Waals surface area (Å²) in [7, 11) is 3.09. The third-order valence-electron chi connectivity index (χ3n) is 6.62. The number of likely N-dealkylation sites (tertiary alicyclic amines) is 1. The maximum Gasteiger partial charge on any atom is 0.471 e. The topological polar surface area (TPSA) is 68.3 Å². The molecule has 10 heteroatoms. The molecule has 1 aliphatic carbocycles. The Morgan fingerprint density at radius 2 is 1.97 bits per heavy atom. The summed E-state index contributed by atoms with van der Waals surface area (Å²) in [6, 6.07) is 1.56. The molecule has 0 aromatic heterocycles. The lowest BCUT2D eigenvalue weighted by Crippen LogP contribution is -2.61. The van der Waals surface area contributed by atoms with Gasteiger partial charge in [-0.25, -0.2) is 0 Å². The van der Waals surface area contributed by atoms with Gasteiger partial charge in [0.2, 0.25) is 12.7 Å². The molecule has 160 valence electrons. The minimum atomic E-state index is -5.10. The number of fused-ring (bicyclic) bond motifs is 2. The van der Waals surface area contributed by atoms with Gasteiger partial charge in [-0.3, -0.25) is 9.59 Å². The molecule has 5 rings (SSSR count). The second-order valence-electron chi connectivity index (χ2n) is 7.96. The van der Waals surface area contributed by atoms with Gasteiger partial charge in [0.15, 0.2) is 11.5 Å². The minimum absolute atomic E-state index is 0.00367. The average molecular weight is 424 g/mol. The Bertz CT molecular complexity index is 978. The van der Waals surface area contributed by atoms with E-state index in [1.54, 1.807) is 31.3 Å². The molecule has 3 aliphatic heterocycles. The molecule has 4 aliphatic rings. The van der Waals surface area contributed by atoms with Crippen molar-refractivity contribution >= 4 is 11.8 Å². The van der Waals surface area contributed by atoms with Gasteiger partial charge in [0.25, 0.3) is 0 Å². The summed E-state index contributed by atoms with van der Waals surface area (Å²) in [5.41, 5.74) is 0.0364. The van der Waals surface area contributed by atoms with Gasteiger partial charge in [0.05, 0.1) is 11.5 Å². The first-order valence-corrected chi connectivity index (χ1v) is 9.48. The van der Waals surface area contributed by atoms with Crippen LogP contribution in [0, 0.1) is 0 Å². The summed E-state index contributed by atoms with van der Waals surface area (Å²) >= 11 is 0. The van der Waals surface area contributed by atoms with Crippen LogP contribution >= 0.6 is 0 Å². The van der Waals surface area contributed by atoms with Gasteiger partial charge in [-0.1, -0.05) is 12.2 Å². The molecule has 1 aromatic carbocycles. The van der Waals surface area contributed by atoms with Gasteiger partial charge in [-0.2, -0.15) is 13.2 Å². The third-order valence-corrected chi connectivity index (χ3v) is 6.62. The Morgan fingerprint density at radius 3 is 2.63 bits per heavy atom. The first-order chi connectivity index (χ1) is 14.2. The second-order valence-corrected chi connectivity index (χ2v) is 7.96. The monoisotopic (exact) mass is 424 g/mol. The summed E-state index contributed by atoms with van der Waals surface area (Å²) in [5, 5.41) is 0. The molecule has 2 amide bonds. The fraction of sp³-hybridized carbons (Fsp3) is 0.500. The average Bonchev–Trinajstić information content (AvgIpc) is 3.25. The summed E-state index contributed by atoms with van der Waals surface area (Å²) in [6.45, 7) is -0.339. The molecule has 1 saturated heterocycles. The van der Waals surface area contributed by atoms with Gasteiger partial charge >= 0.3 is 12.1 Å². The van der Waals surface area contributed by atoms with Gasteiger partial charge < -0.3 is 24.0 Å². The number of carbonyl (C=O) groups is 2. The number of carbonyl (C=O) groups excluding carboxylic acids is 2. The number of hydrogen-bond donors (Lipinski definition) is 0. The lowest BCUT2D eigenvalue weighted by atomic mass is 9.63. The normalized spacial score (nSPS) is 31.5. The number of rotatable bonds is 1. The van der Waals surface area contributed by atoms with Gasteiger partial charge in [0, 0.05) is 26.7 Å². The van der Waals surface area contributed by atoms with E-state index in [-0.39, 0.29) is 19.4 Å². The number of halogens is 3. The highest BCUT2D eigenvalue weighted by Crippen LogP contribution is 2.54. The molecule has 0 saturated carbocycles. The Labute approximate surface area is 170 Å². The molecule has 3 heterocycles. The zero-order valence-corrected chi connectivity index (χ0v) is 16.2. The Balaban J connectivity index is 1.76. The predicted molar refractivity (Wildman–Crippen MR) is 95.7 cm³/mol. The van der Waals surface area contributed by atoms with Crippen LogP contribution in [0.15, 0.2) is 24.3 Å². The van der Waals surface area contributed by atoms with Crippen molar-refractivity contribution in [2.24, 2.45) is 0 Å². The zero-order valence-electron chi connectivity index (χ0n) is 16.2. The Morgan fingerprint density at radius 1 is 1.27 bits per heavy atom. The van der Waals surface area contributed by atoms with Crippen molar-refractivity contribution in [2.45, 2.75) is 42.7 Å². The van der Waals surface area contributed by atoms with Crippen LogP contribution in [-0.2, 0) is 26.3 Å². The van der Waals surface area contributed by atoms with Crippen molar-refractivity contribution in [3.63, 3.8) is 0 Å². The van der Waals surface area contributed by atoms with Crippen LogP contribution in [0.5, 0.6) is 11.5 Å². The standard InChI is InChI=1S/C20H19F3N2O5/c1-24-15-6-11(28-2)3-4-19(15)12-7-14-13(29-9-30-14)5-10(12)8-25(16(19)17(24)26)18(27)20(21,22)23/h3-5,7,11,15-16H,6,8-9H2,1-2H3/t11-,15-,16+,19-/m0/s1. The lowest BCUT2D eigenvalue weighted by Gasteiger charge is -2.48. The first-order valence-electron chi connectivity index (χ1n) is 9.48. The van der Waals surface area contributed by atoms with Crippen LogP contribution in [0.2, 0.25) is 0 Å². The van der Waals surface area contributed by atoms with Crippen molar-refractivity contribution in [2.75, 3.05) is 21.0 Å². The SMILES string of the molecule is CO[C@H]1C=C[C@@]23c4cc5c(cc4CN(C(=O)C(F)(F)F)[C@@H]2C(=O)N(C)[C@H]3C1)OCO5. The number of likely N-dealkylation sites (N-methyl/N-ethyl adjacent to an activating group) is 1. The highest BCUT2D eigenvalue weighted by molar-refractivity contribution is 5.95. The molecule has 0 radical (unpaired) electrons. The highest BCUT2D eigenvalue weighted by Gasteiger charge is 2.66. The van der Waals surface area contributed by atoms with Crippen molar-refractivity contribution in [1.29, 1.82) is 0 Å². The maximum absolute atomic E-state index is 13.5. The van der Waals surface area contributed by atoms with E-state index in [9.17, 15) is 22.8 Å². The van der Waals surface area contributed by atoms with Gasteiger partial charge in [0.1, 0.15) is 6.04 Å². The van der Waals surface area contributed by atoms with Crippen LogP contribution in [0.3, 0.4) is 0 Å². The van der Waals surface area contributed by atoms with E-state index >= 15 is 0 Å². The molecule has 0 N–H and O–H groups in total. The fourth-order valence-corrected chi connectivity index (χ4v) is 5.30. The fourth-order valence-electron chi connectivity index (χ4n) is 5.30. The molecule has 0 unspecified atom stereocenters. The first kappa shape index (κ1) is 19.2. The number of methoxy groups -OCH3 is 1. The van der Waals surface area contributed by atoms with Crippen molar-refractivity contribution in [1.82, 2.24) is 9.80 Å². The smallest absolute Gasteiger partial charge is 0.454 e. The van der Waals surface area contributed by atoms with E-state index in [0.717, 1.165) is 0 Å². The molecular weight excluding hydrogens is 405 g/mol. The lowest BCUT2D eigenvalue weighted by molar-refractivity contribution is -0.190. The van der Waals surface area contributed by atoms with Crippen LogP contribution < -0.4 is 9.47 Å². The van der Waals surface area contributed by atoms with E-state index in [1.807, 2.05) is 0 Å². The number of benzene rings is 1. The number of nitrogens with zero attached hydrogens (tertiary/aromatic N) is 2. The van der Waals surface area contributed by atoms with E-state index in [2.05, 4.69) is 0 Å². The highest BCUT2D eigenvalue weighted by atomic mass is 19.4. The summed E-state index contributed by atoms with van der Waals surface area (Å²) in [4.78, 5) is 27.7. The van der Waals surface area contributed by atoms with E-state index in [4.69, 9.17) is 14.2 Å². The third kappa shape index (κ3) is 2.36. The van der Waals surface area contributed by atoms with Crippen LogP contribution in [0.1, 0.15) is 17.5 Å². The molecule has 30 heavy (non-hydrogen) atoms. The van der Waals surface area contributed by atoms with Crippen LogP contribution in [-0.4, -0.2) is 66.9 Å². The second kappa shape index (κ2) is 6.13. The van der Waals surface area contributed by atoms with E-state index in [0.29, 0.717) is 33.9 Å². The van der Waals surface area contributed by atoms with Crippen LogP contribution in [0.4, 0.5) is 13.2 Å². The molecular formula is C20H19F3N2O5. The number of alkyl halides is 3. The van der Waals surface area contributed by atoms with Crippen molar-refractivity contribution in [3.8, 4) is 11.5 Å². The Kier molecular flexibility index (Phi) is 3.93. The number of hydrogen-bond acceptors (Lipinski definition) is 5. The zero-order chi connectivity index (χ0) is 21.4. The molecule has 1 fully saturated rings. The molecule has 1 aromatic rings. The number of ether oxygens (including phenoxy) is 3. The Hall–Kier alpha value is -2.75. The molecule has 1 spiro atoms. The molecule has 4 atom stereocenters. The molecule has 7 nitrogen and oxygen atoms in total. The molecule has 0 bridgehead atoms. The largest absolute Gasteiger partial charge is 0.471 e. The van der Waals surface area contributed by atoms with Gasteiger partial charge in [-0.05, 0) is 29.7 Å². The minimum Gasteiger partial charge on any atom is -0.454 e. The summed E-state index contributed by atoms with van der Waals surface area (Å²) < 4.78 is 56.6. The van der Waals surface area contributed by atoms with Crippen molar-refractivity contribution in [3.05, 3.63) is 35.4 Å². The number of amides is 2. The van der Waals surface area contributed by atoms with E-state index in [1.165, 1.54) is 12.0 Å². The van der Waals surface area contributed by atoms with E-state index < -0.39 is 35.5 Å². The van der Waals surface area contributed by atoms with Crippen molar-refractivity contribution < 1.29 is 37.0 Å². The quantitative estimate of drug-likeness (QED) is 0.643. The predicted octanol–water partition coefficient (Wildman–Crippen LogP) is 1.74. The maximum atomic E-state index is 13.5. The van der Waals surface area contributed by atoms with Crippen LogP contribution in [0.25, 0.3) is 0 Å². The van der Waals surface area contributed by atoms with Gasteiger partial charge in [-0.15, -0.1) is 0 Å².